The molecule has 0 saturated heterocycles. The van der Waals surface area contributed by atoms with Crippen molar-refractivity contribution in [1.29, 1.82) is 0 Å². The fourth-order valence-corrected chi connectivity index (χ4v) is 1.32. The zero-order valence-electron chi connectivity index (χ0n) is 10.1. The number of nitrogens with one attached hydrogen (secondary N) is 1. The highest BCUT2D eigenvalue weighted by Gasteiger charge is 2.13. The molecule has 0 aromatic carbocycles. The van der Waals surface area contributed by atoms with Crippen LogP contribution in [0.1, 0.15) is 18.6 Å². The van der Waals surface area contributed by atoms with Crippen LogP contribution in [-0.2, 0) is 11.2 Å². The van der Waals surface area contributed by atoms with Crippen molar-refractivity contribution in [1.82, 2.24) is 20.4 Å². The van der Waals surface area contributed by atoms with E-state index in [0.29, 0.717) is 24.7 Å². The molecular weight excluding hydrogens is 208 g/mol. The number of aryl methyl sites for hydroxylation is 1. The lowest BCUT2D eigenvalue weighted by atomic mass is 10.3. The molecule has 0 fully saturated rings. The maximum absolute atomic E-state index is 11.5. The Morgan fingerprint density at radius 3 is 2.75 bits per heavy atom. The van der Waals surface area contributed by atoms with E-state index < -0.39 is 0 Å². The normalized spacial score (nSPS) is 12.5. The lowest BCUT2D eigenvalue weighted by Crippen LogP contribution is -2.42. The van der Waals surface area contributed by atoms with E-state index in [1.165, 1.54) is 0 Å². The second-order valence-corrected chi connectivity index (χ2v) is 3.89. The largest absolute Gasteiger partial charge is 0.347 e. The Balaban J connectivity index is 2.28. The van der Waals surface area contributed by atoms with Crippen molar-refractivity contribution in [2.75, 3.05) is 20.6 Å². The van der Waals surface area contributed by atoms with Crippen molar-refractivity contribution in [2.45, 2.75) is 26.3 Å². The molecule has 90 valence electrons. The Hall–Kier alpha value is -1.43. The van der Waals surface area contributed by atoms with Crippen LogP contribution in [0.2, 0.25) is 0 Å². The van der Waals surface area contributed by atoms with Crippen LogP contribution in [0.5, 0.6) is 0 Å². The number of carbonyl (C=O) groups excluding carboxylic acids is 1. The molecule has 0 radical (unpaired) electrons. The zero-order chi connectivity index (χ0) is 12.1. The van der Waals surface area contributed by atoms with Crippen LogP contribution in [-0.4, -0.2) is 47.6 Å². The number of aromatic nitrogens is 2. The second-order valence-electron chi connectivity index (χ2n) is 3.89. The lowest BCUT2D eigenvalue weighted by molar-refractivity contribution is -0.130. The Bertz CT molecular complexity index is 348. The van der Waals surface area contributed by atoms with Crippen molar-refractivity contribution >= 4 is 5.91 Å². The first-order valence-electron chi connectivity index (χ1n) is 5.24. The van der Waals surface area contributed by atoms with Gasteiger partial charge in [0.15, 0.2) is 5.82 Å². The number of amides is 1. The minimum absolute atomic E-state index is 0.0595. The third-order valence-corrected chi connectivity index (χ3v) is 2.18. The Morgan fingerprint density at radius 1 is 1.56 bits per heavy atom. The third kappa shape index (κ3) is 3.62. The number of carbonyl (C=O) groups is 1. The van der Waals surface area contributed by atoms with E-state index in [4.69, 9.17) is 4.52 Å². The SMILES string of the molecule is Cc1nc(CCNC(C)C(=O)N(C)C)no1. The van der Waals surface area contributed by atoms with Crippen LogP contribution < -0.4 is 5.32 Å². The van der Waals surface area contributed by atoms with Crippen LogP contribution in [0.3, 0.4) is 0 Å². The fourth-order valence-electron chi connectivity index (χ4n) is 1.32. The van der Waals surface area contributed by atoms with Gasteiger partial charge in [-0.3, -0.25) is 4.79 Å². The van der Waals surface area contributed by atoms with Crippen molar-refractivity contribution in [3.63, 3.8) is 0 Å². The van der Waals surface area contributed by atoms with Gasteiger partial charge in [0.1, 0.15) is 0 Å². The van der Waals surface area contributed by atoms with E-state index in [0.717, 1.165) is 0 Å². The molecule has 0 spiro atoms. The van der Waals surface area contributed by atoms with Gasteiger partial charge in [-0.15, -0.1) is 0 Å². The number of hydrogen-bond donors (Lipinski definition) is 1. The Morgan fingerprint density at radius 2 is 2.25 bits per heavy atom. The van der Waals surface area contributed by atoms with Gasteiger partial charge in [0.05, 0.1) is 6.04 Å². The van der Waals surface area contributed by atoms with Crippen LogP contribution in [0.4, 0.5) is 0 Å². The standard InChI is InChI=1S/C10H18N4O2/c1-7(10(15)14(3)4)11-6-5-9-12-8(2)16-13-9/h7,11H,5-6H2,1-4H3. The van der Waals surface area contributed by atoms with Crippen LogP contribution in [0.15, 0.2) is 4.52 Å². The summed E-state index contributed by atoms with van der Waals surface area (Å²) in [7, 11) is 3.48. The molecule has 6 heteroatoms. The average Bonchev–Trinajstić information content (AvgIpc) is 2.62. The molecule has 1 heterocycles. The summed E-state index contributed by atoms with van der Waals surface area (Å²) in [6.07, 6.45) is 0.655. The topological polar surface area (TPSA) is 71.3 Å². The zero-order valence-corrected chi connectivity index (χ0v) is 10.1. The minimum Gasteiger partial charge on any atom is -0.347 e. The molecular formula is C10H18N4O2. The number of nitrogens with zero attached hydrogens (tertiary/aromatic N) is 3. The summed E-state index contributed by atoms with van der Waals surface area (Å²) in [4.78, 5) is 17.1. The van der Waals surface area contributed by atoms with E-state index in [1.807, 2.05) is 6.92 Å². The number of rotatable bonds is 5. The maximum Gasteiger partial charge on any atom is 0.238 e. The smallest absolute Gasteiger partial charge is 0.238 e. The minimum atomic E-state index is -0.192. The van der Waals surface area contributed by atoms with Crippen molar-refractivity contribution in [3.8, 4) is 0 Å². The summed E-state index contributed by atoms with van der Waals surface area (Å²) >= 11 is 0. The van der Waals surface area contributed by atoms with Gasteiger partial charge in [0.25, 0.3) is 0 Å². The van der Waals surface area contributed by atoms with Gasteiger partial charge in [-0.2, -0.15) is 4.98 Å². The highest BCUT2D eigenvalue weighted by Crippen LogP contribution is 1.95. The maximum atomic E-state index is 11.5. The predicted octanol–water partition coefficient (Wildman–Crippen LogP) is -0.0132. The molecule has 0 aliphatic heterocycles. The number of likely N-dealkylation sites (N-methyl/N-ethyl adjacent to an activating group) is 1. The molecule has 0 aliphatic rings. The van der Waals surface area contributed by atoms with E-state index in [2.05, 4.69) is 15.5 Å². The van der Waals surface area contributed by atoms with Gasteiger partial charge >= 0.3 is 0 Å². The quantitative estimate of drug-likeness (QED) is 0.764. The second kappa shape index (κ2) is 5.60. The van der Waals surface area contributed by atoms with Crippen LogP contribution in [0.25, 0.3) is 0 Å². The van der Waals surface area contributed by atoms with Gasteiger partial charge in [-0.05, 0) is 6.92 Å². The summed E-state index contributed by atoms with van der Waals surface area (Å²) in [5.41, 5.74) is 0. The van der Waals surface area contributed by atoms with E-state index in [9.17, 15) is 4.79 Å². The molecule has 1 N–H and O–H groups in total. The first-order chi connectivity index (χ1) is 7.50. The summed E-state index contributed by atoms with van der Waals surface area (Å²) in [5, 5.41) is 6.88. The highest BCUT2D eigenvalue weighted by molar-refractivity contribution is 5.80. The van der Waals surface area contributed by atoms with Crippen LogP contribution in [0, 0.1) is 6.92 Å². The first-order valence-corrected chi connectivity index (χ1v) is 5.24. The molecule has 0 aliphatic carbocycles. The Kier molecular flexibility index (Phi) is 4.42. The Labute approximate surface area is 95.0 Å². The lowest BCUT2D eigenvalue weighted by Gasteiger charge is -2.17. The molecule has 1 rings (SSSR count). The van der Waals surface area contributed by atoms with Gasteiger partial charge < -0.3 is 14.7 Å². The monoisotopic (exact) mass is 226 g/mol. The third-order valence-electron chi connectivity index (χ3n) is 2.18. The first kappa shape index (κ1) is 12.6. The van der Waals surface area contributed by atoms with Gasteiger partial charge in [0.2, 0.25) is 11.8 Å². The van der Waals surface area contributed by atoms with Gasteiger partial charge in [0, 0.05) is 34.0 Å². The summed E-state index contributed by atoms with van der Waals surface area (Å²) in [6.45, 7) is 4.24. The molecule has 1 atom stereocenters. The molecule has 1 unspecified atom stereocenters. The summed E-state index contributed by atoms with van der Waals surface area (Å²) in [5.74, 6) is 1.28. The molecule has 1 aromatic heterocycles. The fraction of sp³-hybridized carbons (Fsp3) is 0.700. The van der Waals surface area contributed by atoms with E-state index >= 15 is 0 Å². The molecule has 1 amide bonds. The molecule has 6 nitrogen and oxygen atoms in total. The van der Waals surface area contributed by atoms with E-state index in [1.54, 1.807) is 25.9 Å². The van der Waals surface area contributed by atoms with Crippen molar-refractivity contribution in [3.05, 3.63) is 11.7 Å². The molecule has 0 bridgehead atoms. The van der Waals surface area contributed by atoms with Crippen molar-refractivity contribution < 1.29 is 9.32 Å². The number of hydrogen-bond acceptors (Lipinski definition) is 5. The van der Waals surface area contributed by atoms with Crippen molar-refractivity contribution in [2.24, 2.45) is 0 Å². The molecule has 1 aromatic rings. The summed E-state index contributed by atoms with van der Waals surface area (Å²) < 4.78 is 4.84. The van der Waals surface area contributed by atoms with Crippen LogP contribution >= 0.6 is 0 Å². The van der Waals surface area contributed by atoms with E-state index in [-0.39, 0.29) is 11.9 Å². The van der Waals surface area contributed by atoms with Gasteiger partial charge in [-0.1, -0.05) is 5.16 Å². The predicted molar refractivity (Wildman–Crippen MR) is 58.9 cm³/mol. The molecule has 0 saturated carbocycles. The summed E-state index contributed by atoms with van der Waals surface area (Å²) in [6, 6.07) is -0.192. The highest BCUT2D eigenvalue weighted by atomic mass is 16.5. The molecule has 16 heavy (non-hydrogen) atoms. The van der Waals surface area contributed by atoms with Gasteiger partial charge in [-0.25, -0.2) is 0 Å². The average molecular weight is 226 g/mol.